The Morgan fingerprint density at radius 3 is 3.18 bits per heavy atom. The average molecular weight is 254 g/mol. The molecule has 1 aliphatic rings. The number of ether oxygens (including phenoxy) is 1. The lowest BCUT2D eigenvalue weighted by atomic mass is 10.0. The van der Waals surface area contributed by atoms with Crippen molar-refractivity contribution in [3.05, 3.63) is 22.4 Å². The molecule has 1 aromatic heterocycles. The first kappa shape index (κ1) is 12.5. The fourth-order valence-electron chi connectivity index (χ4n) is 1.99. The number of carbonyl (C=O) groups is 1. The van der Waals surface area contributed by atoms with E-state index in [1.165, 1.54) is 0 Å². The summed E-state index contributed by atoms with van der Waals surface area (Å²) in [6.07, 6.45) is 0. The van der Waals surface area contributed by atoms with E-state index in [9.17, 15) is 4.79 Å². The molecule has 5 heteroatoms. The van der Waals surface area contributed by atoms with Gasteiger partial charge in [-0.2, -0.15) is 11.3 Å². The predicted octanol–water partition coefficient (Wildman–Crippen LogP) is 0.989. The average Bonchev–Trinajstić information content (AvgIpc) is 2.97. The highest BCUT2D eigenvalue weighted by atomic mass is 32.1. The fourth-order valence-corrected chi connectivity index (χ4v) is 2.66. The number of hydrogen-bond donors (Lipinski definition) is 2. The molecule has 1 amide bonds. The summed E-state index contributed by atoms with van der Waals surface area (Å²) >= 11 is 1.64. The summed E-state index contributed by atoms with van der Waals surface area (Å²) in [6, 6.07) is 2.18. The molecule has 0 spiro atoms. The highest BCUT2D eigenvalue weighted by Crippen LogP contribution is 2.14. The van der Waals surface area contributed by atoms with Gasteiger partial charge >= 0.3 is 0 Å². The number of likely N-dealkylation sites (N-methyl/N-ethyl adjacent to an activating group) is 1. The van der Waals surface area contributed by atoms with Crippen molar-refractivity contribution in [1.82, 2.24) is 10.6 Å². The molecule has 1 aliphatic heterocycles. The van der Waals surface area contributed by atoms with Crippen molar-refractivity contribution in [2.75, 3.05) is 19.8 Å². The molecule has 1 fully saturated rings. The van der Waals surface area contributed by atoms with Gasteiger partial charge in [-0.05, 0) is 28.9 Å². The largest absolute Gasteiger partial charge is 0.379 e. The number of amides is 1. The van der Waals surface area contributed by atoms with Gasteiger partial charge in [0, 0.05) is 12.6 Å². The van der Waals surface area contributed by atoms with Crippen LogP contribution in [0.1, 0.15) is 12.5 Å². The first-order valence-electron chi connectivity index (χ1n) is 5.91. The molecule has 2 rings (SSSR count). The molecular weight excluding hydrogens is 236 g/mol. The van der Waals surface area contributed by atoms with Crippen molar-refractivity contribution in [1.29, 1.82) is 0 Å². The minimum Gasteiger partial charge on any atom is -0.379 e. The zero-order valence-electron chi connectivity index (χ0n) is 9.94. The molecule has 2 heterocycles. The second-order valence-corrected chi connectivity index (χ2v) is 4.94. The molecule has 0 aliphatic carbocycles. The van der Waals surface area contributed by atoms with Crippen LogP contribution in [0.15, 0.2) is 16.8 Å². The van der Waals surface area contributed by atoms with Gasteiger partial charge in [-0.25, -0.2) is 0 Å². The van der Waals surface area contributed by atoms with E-state index in [0.717, 1.165) is 12.1 Å². The maximum absolute atomic E-state index is 12.0. The summed E-state index contributed by atoms with van der Waals surface area (Å²) in [7, 11) is 0. The second-order valence-electron chi connectivity index (χ2n) is 4.16. The number of hydrogen-bond acceptors (Lipinski definition) is 4. The van der Waals surface area contributed by atoms with Crippen LogP contribution in [0.5, 0.6) is 0 Å². The minimum absolute atomic E-state index is 0.0615. The molecule has 2 N–H and O–H groups in total. The number of thiophene rings is 1. The van der Waals surface area contributed by atoms with Crippen LogP contribution >= 0.6 is 11.3 Å². The Morgan fingerprint density at radius 1 is 1.59 bits per heavy atom. The fraction of sp³-hybridized carbons (Fsp3) is 0.583. The molecule has 94 valence electrons. The predicted molar refractivity (Wildman–Crippen MR) is 67.9 cm³/mol. The van der Waals surface area contributed by atoms with Gasteiger partial charge in [-0.3, -0.25) is 4.79 Å². The summed E-state index contributed by atoms with van der Waals surface area (Å²) in [5.41, 5.74) is 1.15. The lowest BCUT2D eigenvalue weighted by molar-refractivity contribution is -0.125. The van der Waals surface area contributed by atoms with Crippen LogP contribution in [0.4, 0.5) is 0 Å². The van der Waals surface area contributed by atoms with E-state index in [2.05, 4.69) is 10.6 Å². The Labute approximate surface area is 105 Å². The molecule has 1 aromatic rings. The highest BCUT2D eigenvalue weighted by Gasteiger charge is 2.33. The molecule has 1 saturated heterocycles. The molecule has 4 nitrogen and oxygen atoms in total. The third-order valence-electron chi connectivity index (χ3n) is 2.93. The van der Waals surface area contributed by atoms with Crippen LogP contribution in [0.2, 0.25) is 0 Å². The quantitative estimate of drug-likeness (QED) is 0.824. The lowest BCUT2D eigenvalue weighted by Gasteiger charge is -2.17. The van der Waals surface area contributed by atoms with Crippen LogP contribution in [-0.4, -0.2) is 31.7 Å². The molecule has 2 unspecified atom stereocenters. The Kier molecular flexibility index (Phi) is 4.53. The van der Waals surface area contributed by atoms with Crippen LogP contribution in [0, 0.1) is 5.92 Å². The van der Waals surface area contributed by atoms with Crippen LogP contribution in [-0.2, 0) is 16.1 Å². The molecule has 2 atom stereocenters. The third-order valence-corrected chi connectivity index (χ3v) is 3.66. The summed E-state index contributed by atoms with van der Waals surface area (Å²) < 4.78 is 5.36. The van der Waals surface area contributed by atoms with E-state index in [1.54, 1.807) is 11.3 Å². The van der Waals surface area contributed by atoms with Crippen LogP contribution < -0.4 is 10.6 Å². The number of carbonyl (C=O) groups excluding carboxylic acids is 1. The van der Waals surface area contributed by atoms with Gasteiger partial charge in [0.1, 0.15) is 0 Å². The van der Waals surface area contributed by atoms with E-state index in [-0.39, 0.29) is 17.9 Å². The molecule has 0 radical (unpaired) electrons. The molecule has 0 aromatic carbocycles. The topological polar surface area (TPSA) is 50.4 Å². The Balaban J connectivity index is 1.82. The van der Waals surface area contributed by atoms with Crippen molar-refractivity contribution in [2.45, 2.75) is 19.5 Å². The second kappa shape index (κ2) is 6.14. The Hall–Kier alpha value is -0.910. The smallest absolute Gasteiger partial charge is 0.227 e. The molecular formula is C12H18N2O2S. The van der Waals surface area contributed by atoms with E-state index < -0.39 is 0 Å². The Morgan fingerprint density at radius 2 is 2.47 bits per heavy atom. The third kappa shape index (κ3) is 3.28. The highest BCUT2D eigenvalue weighted by molar-refractivity contribution is 7.07. The maximum atomic E-state index is 12.0. The van der Waals surface area contributed by atoms with Crippen molar-refractivity contribution < 1.29 is 9.53 Å². The van der Waals surface area contributed by atoms with Crippen molar-refractivity contribution in [2.24, 2.45) is 5.92 Å². The van der Waals surface area contributed by atoms with Crippen molar-refractivity contribution in [3.63, 3.8) is 0 Å². The van der Waals surface area contributed by atoms with Crippen LogP contribution in [0.3, 0.4) is 0 Å². The zero-order chi connectivity index (χ0) is 12.1. The summed E-state index contributed by atoms with van der Waals surface area (Å²) in [5.74, 6) is 0.0215. The number of nitrogens with one attached hydrogen (secondary N) is 2. The van der Waals surface area contributed by atoms with Gasteiger partial charge in [-0.1, -0.05) is 6.92 Å². The maximum Gasteiger partial charge on any atom is 0.227 e. The van der Waals surface area contributed by atoms with E-state index in [0.29, 0.717) is 19.8 Å². The monoisotopic (exact) mass is 254 g/mol. The van der Waals surface area contributed by atoms with Crippen LogP contribution in [0.25, 0.3) is 0 Å². The zero-order valence-corrected chi connectivity index (χ0v) is 10.8. The summed E-state index contributed by atoms with van der Waals surface area (Å²) in [6.45, 7) is 4.66. The minimum atomic E-state index is -0.0615. The lowest BCUT2D eigenvalue weighted by Crippen LogP contribution is -2.43. The first-order chi connectivity index (χ1) is 8.31. The number of rotatable bonds is 5. The Bertz CT molecular complexity index is 353. The first-order valence-corrected chi connectivity index (χ1v) is 6.85. The standard InChI is InChI=1S/C12H18N2O2S/c1-2-13-11-7-16-6-10(11)12(15)14-5-9-3-4-17-8-9/h3-4,8,10-11,13H,2,5-7H2,1H3,(H,14,15). The molecule has 0 saturated carbocycles. The molecule has 17 heavy (non-hydrogen) atoms. The SMILES string of the molecule is CCNC1COCC1C(=O)NCc1ccsc1. The van der Waals surface area contributed by atoms with Gasteiger partial charge in [-0.15, -0.1) is 0 Å². The van der Waals surface area contributed by atoms with Gasteiger partial charge in [0.2, 0.25) is 5.91 Å². The molecule has 0 bridgehead atoms. The van der Waals surface area contributed by atoms with Gasteiger partial charge in [0.05, 0.1) is 19.1 Å². The summed E-state index contributed by atoms with van der Waals surface area (Å²) in [5, 5.41) is 10.3. The van der Waals surface area contributed by atoms with E-state index >= 15 is 0 Å². The van der Waals surface area contributed by atoms with Gasteiger partial charge in [0.15, 0.2) is 0 Å². The summed E-state index contributed by atoms with van der Waals surface area (Å²) in [4.78, 5) is 12.0. The van der Waals surface area contributed by atoms with Gasteiger partial charge in [0.25, 0.3) is 0 Å². The van der Waals surface area contributed by atoms with Gasteiger partial charge < -0.3 is 15.4 Å². The normalized spacial score (nSPS) is 23.8. The van der Waals surface area contributed by atoms with E-state index in [4.69, 9.17) is 4.74 Å². The van der Waals surface area contributed by atoms with Crippen molar-refractivity contribution in [3.8, 4) is 0 Å². The van der Waals surface area contributed by atoms with Crippen molar-refractivity contribution >= 4 is 17.2 Å². The van der Waals surface area contributed by atoms with E-state index in [1.807, 2.05) is 23.8 Å².